The van der Waals surface area contributed by atoms with Gasteiger partial charge in [0.25, 0.3) is 0 Å². The number of carbonyl (C=O) groups excluding carboxylic acids is 2. The van der Waals surface area contributed by atoms with Crippen molar-refractivity contribution in [3.05, 3.63) is 35.9 Å². The van der Waals surface area contributed by atoms with Gasteiger partial charge in [0.1, 0.15) is 11.6 Å². The molecule has 7 nitrogen and oxygen atoms in total. The summed E-state index contributed by atoms with van der Waals surface area (Å²) in [7, 11) is 1.38. The smallest absolute Gasteiger partial charge is 0.408 e. The lowest BCUT2D eigenvalue weighted by atomic mass is 9.87. The summed E-state index contributed by atoms with van der Waals surface area (Å²) in [5.74, 6) is -0.345. The molecule has 2 fully saturated rings. The zero-order valence-electron chi connectivity index (χ0n) is 17.1. The van der Waals surface area contributed by atoms with Gasteiger partial charge in [-0.2, -0.15) is 0 Å². The van der Waals surface area contributed by atoms with Crippen molar-refractivity contribution >= 4 is 12.1 Å². The van der Waals surface area contributed by atoms with Crippen LogP contribution in [0.3, 0.4) is 0 Å². The zero-order chi connectivity index (χ0) is 20.4. The Kier molecular flexibility index (Phi) is 5.95. The number of nitrogens with zero attached hydrogens (tertiary/aromatic N) is 1. The van der Waals surface area contributed by atoms with Crippen LogP contribution >= 0.6 is 0 Å². The monoisotopic (exact) mass is 390 g/mol. The Morgan fingerprint density at radius 1 is 1.29 bits per heavy atom. The Morgan fingerprint density at radius 2 is 2.00 bits per heavy atom. The van der Waals surface area contributed by atoms with E-state index >= 15 is 0 Å². The number of alkyl carbamates (subject to hydrolysis) is 1. The van der Waals surface area contributed by atoms with Gasteiger partial charge in [0.05, 0.1) is 13.2 Å². The zero-order valence-corrected chi connectivity index (χ0v) is 17.1. The van der Waals surface area contributed by atoms with Crippen LogP contribution in [-0.4, -0.2) is 47.6 Å². The predicted octanol–water partition coefficient (Wildman–Crippen LogP) is 3.18. The second-order valence-electron chi connectivity index (χ2n) is 8.44. The molecule has 28 heavy (non-hydrogen) atoms. The highest BCUT2D eigenvalue weighted by molar-refractivity contribution is 5.76. The lowest BCUT2D eigenvalue weighted by Crippen LogP contribution is -2.52. The molecule has 1 amide bonds. The Balaban J connectivity index is 1.74. The molecule has 1 aliphatic heterocycles. The van der Waals surface area contributed by atoms with Gasteiger partial charge in [0.2, 0.25) is 0 Å². The van der Waals surface area contributed by atoms with E-state index in [9.17, 15) is 9.59 Å². The Morgan fingerprint density at radius 3 is 2.64 bits per heavy atom. The van der Waals surface area contributed by atoms with Crippen LogP contribution in [0.2, 0.25) is 0 Å². The maximum absolute atomic E-state index is 12.5. The van der Waals surface area contributed by atoms with Crippen molar-refractivity contribution in [3.63, 3.8) is 0 Å². The van der Waals surface area contributed by atoms with Crippen LogP contribution in [0.15, 0.2) is 30.3 Å². The van der Waals surface area contributed by atoms with Gasteiger partial charge in [-0.1, -0.05) is 36.8 Å². The van der Waals surface area contributed by atoms with Gasteiger partial charge in [0, 0.05) is 6.42 Å². The van der Waals surface area contributed by atoms with Crippen LogP contribution in [0.5, 0.6) is 0 Å². The minimum atomic E-state index is -0.678. The number of carbonyl (C=O) groups is 2. The number of hydrogen-bond acceptors (Lipinski definition) is 6. The van der Waals surface area contributed by atoms with Crippen molar-refractivity contribution in [1.82, 2.24) is 10.4 Å². The summed E-state index contributed by atoms with van der Waals surface area (Å²) in [5.41, 5.74) is -0.225. The molecule has 0 bridgehead atoms. The third-order valence-corrected chi connectivity index (χ3v) is 5.14. The molecule has 2 aliphatic rings. The minimum Gasteiger partial charge on any atom is -0.468 e. The molecule has 1 aromatic rings. The first kappa shape index (κ1) is 20.6. The van der Waals surface area contributed by atoms with Gasteiger partial charge in [-0.3, -0.25) is 9.63 Å². The van der Waals surface area contributed by atoms with Gasteiger partial charge >= 0.3 is 12.1 Å². The van der Waals surface area contributed by atoms with Gasteiger partial charge in [-0.25, -0.2) is 4.79 Å². The second kappa shape index (κ2) is 8.09. The average molecular weight is 390 g/mol. The lowest BCUT2D eigenvalue weighted by Gasteiger charge is -2.31. The third-order valence-electron chi connectivity index (χ3n) is 5.14. The van der Waals surface area contributed by atoms with Crippen LogP contribution < -0.4 is 5.32 Å². The average Bonchev–Trinajstić information content (AvgIpc) is 3.34. The van der Waals surface area contributed by atoms with Crippen molar-refractivity contribution < 1.29 is 23.9 Å². The van der Waals surface area contributed by atoms with Crippen LogP contribution in [0.25, 0.3) is 0 Å². The van der Waals surface area contributed by atoms with E-state index in [1.807, 2.05) is 51.1 Å². The van der Waals surface area contributed by atoms with Crippen molar-refractivity contribution in [1.29, 1.82) is 0 Å². The maximum atomic E-state index is 12.5. The Labute approximate surface area is 166 Å². The molecule has 7 heteroatoms. The molecule has 4 atom stereocenters. The predicted molar refractivity (Wildman–Crippen MR) is 103 cm³/mol. The van der Waals surface area contributed by atoms with Crippen molar-refractivity contribution in [2.24, 2.45) is 0 Å². The number of hydrogen-bond donors (Lipinski definition) is 1. The summed E-state index contributed by atoms with van der Waals surface area (Å²) in [6, 6.07) is 8.97. The van der Waals surface area contributed by atoms with Gasteiger partial charge in [-0.15, -0.1) is 5.06 Å². The standard InChI is InChI=1S/C21H30N2O5/c1-20(2,3)27-19(25)22-17-12-8-9-13-21(17)23(28-21)16(18(24)26-4)14-15-10-6-5-7-11-15/h5-7,10-11,16-17H,8-9,12-14H2,1-4H3,(H,22,25)/t16-,17+,21+,23?/m0/s1. The van der Waals surface area contributed by atoms with Gasteiger partial charge < -0.3 is 14.8 Å². The third kappa shape index (κ3) is 4.64. The molecule has 1 N–H and O–H groups in total. The van der Waals surface area contributed by atoms with Crippen molar-refractivity contribution in [3.8, 4) is 0 Å². The van der Waals surface area contributed by atoms with E-state index in [-0.39, 0.29) is 12.0 Å². The molecular formula is C21H30N2O5. The minimum absolute atomic E-state index is 0.237. The second-order valence-corrected chi connectivity index (χ2v) is 8.44. The Bertz CT molecular complexity index is 702. The highest BCUT2D eigenvalue weighted by Gasteiger charge is 2.65. The number of hydroxylamine groups is 2. The summed E-state index contributed by atoms with van der Waals surface area (Å²) in [6.45, 7) is 5.49. The number of amides is 1. The van der Waals surface area contributed by atoms with E-state index < -0.39 is 23.5 Å². The number of esters is 1. The summed E-state index contributed by atoms with van der Waals surface area (Å²) in [5, 5.41) is 4.67. The summed E-state index contributed by atoms with van der Waals surface area (Å²) in [4.78, 5) is 30.8. The Hall–Kier alpha value is -2.12. The van der Waals surface area contributed by atoms with E-state index in [0.717, 1.165) is 31.2 Å². The fourth-order valence-corrected chi connectivity index (χ4v) is 3.85. The number of benzene rings is 1. The summed E-state index contributed by atoms with van der Waals surface area (Å²) in [6.07, 6.45) is 3.49. The fraction of sp³-hybridized carbons (Fsp3) is 0.619. The number of methoxy groups -OCH3 is 1. The quantitative estimate of drug-likeness (QED) is 0.614. The van der Waals surface area contributed by atoms with Crippen LogP contribution in [0, 0.1) is 0 Å². The molecule has 1 unspecified atom stereocenters. The number of rotatable bonds is 5. The van der Waals surface area contributed by atoms with Crippen LogP contribution in [0.1, 0.15) is 52.0 Å². The normalized spacial score (nSPS) is 27.7. The molecule has 1 saturated carbocycles. The van der Waals surface area contributed by atoms with Crippen molar-refractivity contribution in [2.45, 2.75) is 76.3 Å². The van der Waals surface area contributed by atoms with Gasteiger partial charge in [0.15, 0.2) is 5.72 Å². The van der Waals surface area contributed by atoms with E-state index in [0.29, 0.717) is 6.42 Å². The number of nitrogens with one attached hydrogen (secondary N) is 1. The highest BCUT2D eigenvalue weighted by Crippen LogP contribution is 2.49. The SMILES string of the molecule is COC(=O)[C@H](Cc1ccccc1)N1O[C@@]12CCCC[C@H]2NC(=O)OC(C)(C)C. The van der Waals surface area contributed by atoms with E-state index in [1.165, 1.54) is 7.11 Å². The van der Waals surface area contributed by atoms with Crippen LogP contribution in [-0.2, 0) is 25.5 Å². The molecule has 3 rings (SSSR count). The molecular weight excluding hydrogens is 360 g/mol. The van der Waals surface area contributed by atoms with Crippen molar-refractivity contribution in [2.75, 3.05) is 7.11 Å². The van der Waals surface area contributed by atoms with E-state index in [4.69, 9.17) is 14.3 Å². The van der Waals surface area contributed by atoms with E-state index in [1.54, 1.807) is 5.06 Å². The molecule has 1 aromatic carbocycles. The topological polar surface area (TPSA) is 80.2 Å². The van der Waals surface area contributed by atoms with Crippen LogP contribution in [0.4, 0.5) is 4.79 Å². The molecule has 1 saturated heterocycles. The first-order valence-corrected chi connectivity index (χ1v) is 9.85. The molecule has 1 aliphatic carbocycles. The lowest BCUT2D eigenvalue weighted by molar-refractivity contribution is -0.147. The molecule has 0 radical (unpaired) electrons. The molecule has 0 aromatic heterocycles. The molecule has 1 spiro atoms. The summed E-state index contributed by atoms with van der Waals surface area (Å²) >= 11 is 0. The summed E-state index contributed by atoms with van der Waals surface area (Å²) < 4.78 is 10.4. The van der Waals surface area contributed by atoms with Gasteiger partial charge in [-0.05, 0) is 45.6 Å². The maximum Gasteiger partial charge on any atom is 0.408 e. The first-order valence-electron chi connectivity index (χ1n) is 9.85. The number of ether oxygens (including phenoxy) is 2. The first-order chi connectivity index (χ1) is 13.2. The fourth-order valence-electron chi connectivity index (χ4n) is 3.85. The highest BCUT2D eigenvalue weighted by atomic mass is 16.9. The van der Waals surface area contributed by atoms with E-state index in [2.05, 4.69) is 5.32 Å². The molecule has 1 heterocycles. The molecule has 154 valence electrons. The largest absolute Gasteiger partial charge is 0.468 e.